The van der Waals surface area contributed by atoms with Gasteiger partial charge >= 0.3 is 0 Å². The van der Waals surface area contributed by atoms with Crippen molar-refractivity contribution >= 4 is 0 Å². The van der Waals surface area contributed by atoms with E-state index in [1.165, 1.54) is 38.5 Å². The highest BCUT2D eigenvalue weighted by atomic mass is 16.5. The van der Waals surface area contributed by atoms with Crippen LogP contribution in [0.25, 0.3) is 0 Å². The summed E-state index contributed by atoms with van der Waals surface area (Å²) in [5, 5.41) is 0. The third-order valence-corrected chi connectivity index (χ3v) is 3.29. The Labute approximate surface area is 82.9 Å². The second-order valence-corrected chi connectivity index (χ2v) is 4.84. The van der Waals surface area contributed by atoms with Crippen LogP contribution in [-0.2, 0) is 4.74 Å². The molecule has 0 spiro atoms. The highest BCUT2D eigenvalue weighted by molar-refractivity contribution is 4.80. The van der Waals surface area contributed by atoms with E-state index in [-0.39, 0.29) is 0 Å². The Balaban J connectivity index is 2.31. The van der Waals surface area contributed by atoms with Gasteiger partial charge in [-0.15, -0.1) is 0 Å². The highest BCUT2D eigenvalue weighted by Crippen LogP contribution is 2.39. The molecule has 78 valence electrons. The van der Waals surface area contributed by atoms with Gasteiger partial charge in [0.1, 0.15) is 0 Å². The summed E-state index contributed by atoms with van der Waals surface area (Å²) >= 11 is 0. The molecule has 1 rings (SSSR count). The van der Waals surface area contributed by atoms with Crippen molar-refractivity contribution in [3.63, 3.8) is 0 Å². The molecule has 13 heavy (non-hydrogen) atoms. The lowest BCUT2D eigenvalue weighted by molar-refractivity contribution is 0.0275. The number of rotatable bonds is 4. The van der Waals surface area contributed by atoms with Crippen LogP contribution in [0.1, 0.15) is 59.3 Å². The van der Waals surface area contributed by atoms with Crippen molar-refractivity contribution in [2.45, 2.75) is 65.4 Å². The van der Waals surface area contributed by atoms with Crippen LogP contribution in [0.3, 0.4) is 0 Å². The maximum atomic E-state index is 5.61. The molecule has 0 radical (unpaired) electrons. The van der Waals surface area contributed by atoms with Crippen molar-refractivity contribution < 1.29 is 4.74 Å². The van der Waals surface area contributed by atoms with E-state index in [0.717, 1.165) is 6.61 Å². The second kappa shape index (κ2) is 4.99. The summed E-state index contributed by atoms with van der Waals surface area (Å²) in [6.07, 6.45) is 8.81. The molecule has 1 nitrogen and oxygen atoms in total. The molecule has 0 N–H and O–H groups in total. The van der Waals surface area contributed by atoms with Crippen molar-refractivity contribution in [1.82, 2.24) is 0 Å². The maximum absolute atomic E-state index is 5.61. The molecule has 1 aliphatic carbocycles. The normalized spacial score (nSPS) is 24.2. The monoisotopic (exact) mass is 184 g/mol. The van der Waals surface area contributed by atoms with Crippen LogP contribution in [0.2, 0.25) is 0 Å². The molecule has 1 atom stereocenters. The first-order chi connectivity index (χ1) is 6.16. The van der Waals surface area contributed by atoms with E-state index in [1.807, 2.05) is 0 Å². The minimum absolute atomic E-state index is 0.452. The summed E-state index contributed by atoms with van der Waals surface area (Å²) in [4.78, 5) is 0. The molecular weight excluding hydrogens is 160 g/mol. The van der Waals surface area contributed by atoms with Gasteiger partial charge in [-0.25, -0.2) is 0 Å². The van der Waals surface area contributed by atoms with E-state index >= 15 is 0 Å². The number of hydrogen-bond acceptors (Lipinski definition) is 1. The largest absolute Gasteiger partial charge is 0.379 e. The van der Waals surface area contributed by atoms with Crippen molar-refractivity contribution in [3.05, 3.63) is 0 Å². The Kier molecular flexibility index (Phi) is 4.24. The Bertz CT molecular complexity index is 136. The molecule has 0 amide bonds. The van der Waals surface area contributed by atoms with Gasteiger partial charge in [-0.05, 0) is 38.5 Å². The summed E-state index contributed by atoms with van der Waals surface area (Å²) in [6, 6.07) is 0. The van der Waals surface area contributed by atoms with E-state index in [0.29, 0.717) is 11.5 Å². The zero-order chi connectivity index (χ0) is 9.73. The Hall–Kier alpha value is -0.0400. The third kappa shape index (κ3) is 3.68. The first kappa shape index (κ1) is 11.0. The summed E-state index contributed by atoms with van der Waals surface area (Å²) in [5.41, 5.74) is 0.576. The number of hydrogen-bond donors (Lipinski definition) is 0. The highest BCUT2D eigenvalue weighted by Gasteiger charge is 2.28. The molecule has 1 fully saturated rings. The molecule has 0 heterocycles. The van der Waals surface area contributed by atoms with Crippen molar-refractivity contribution in [1.29, 1.82) is 0 Å². The fourth-order valence-electron chi connectivity index (χ4n) is 2.65. The summed E-state index contributed by atoms with van der Waals surface area (Å²) in [5.74, 6) is 0. The van der Waals surface area contributed by atoms with Gasteiger partial charge < -0.3 is 4.74 Å². The topological polar surface area (TPSA) is 9.23 Å². The number of ether oxygens (including phenoxy) is 1. The Morgan fingerprint density at radius 2 is 1.85 bits per heavy atom. The second-order valence-electron chi connectivity index (χ2n) is 4.84. The van der Waals surface area contributed by atoms with Crippen LogP contribution in [0.4, 0.5) is 0 Å². The molecule has 0 bridgehead atoms. The Morgan fingerprint density at radius 3 is 2.38 bits per heavy atom. The van der Waals surface area contributed by atoms with Crippen LogP contribution in [0, 0.1) is 5.41 Å². The van der Waals surface area contributed by atoms with E-state index in [2.05, 4.69) is 20.8 Å². The standard InChI is InChI=1S/C12H24O/c1-4-13-11(2)10-12(3)8-6-5-7-9-12/h11H,4-10H2,1-3H3. The minimum Gasteiger partial charge on any atom is -0.379 e. The van der Waals surface area contributed by atoms with Crippen LogP contribution < -0.4 is 0 Å². The van der Waals surface area contributed by atoms with Crippen LogP contribution in [0.15, 0.2) is 0 Å². The molecular formula is C12H24O. The predicted molar refractivity (Wildman–Crippen MR) is 56.9 cm³/mol. The zero-order valence-electron chi connectivity index (χ0n) is 9.44. The Morgan fingerprint density at radius 1 is 1.23 bits per heavy atom. The van der Waals surface area contributed by atoms with Gasteiger partial charge in [0.25, 0.3) is 0 Å². The van der Waals surface area contributed by atoms with Crippen LogP contribution >= 0.6 is 0 Å². The SMILES string of the molecule is CCOC(C)CC1(C)CCCCC1. The van der Waals surface area contributed by atoms with Crippen molar-refractivity contribution in [2.75, 3.05) is 6.61 Å². The van der Waals surface area contributed by atoms with Gasteiger partial charge in [0.2, 0.25) is 0 Å². The van der Waals surface area contributed by atoms with Gasteiger partial charge in [-0.2, -0.15) is 0 Å². The average Bonchev–Trinajstić information content (AvgIpc) is 2.04. The minimum atomic E-state index is 0.452. The van der Waals surface area contributed by atoms with Crippen molar-refractivity contribution in [2.24, 2.45) is 5.41 Å². The molecule has 0 saturated heterocycles. The summed E-state index contributed by atoms with van der Waals surface area (Å²) in [6.45, 7) is 7.59. The van der Waals surface area contributed by atoms with Crippen molar-refractivity contribution in [3.8, 4) is 0 Å². The predicted octanol–water partition coefficient (Wildman–Crippen LogP) is 3.77. The maximum Gasteiger partial charge on any atom is 0.0552 e. The van der Waals surface area contributed by atoms with Gasteiger partial charge in [-0.1, -0.05) is 26.2 Å². The third-order valence-electron chi connectivity index (χ3n) is 3.29. The van der Waals surface area contributed by atoms with Gasteiger partial charge in [0.15, 0.2) is 0 Å². The molecule has 1 saturated carbocycles. The van der Waals surface area contributed by atoms with Gasteiger partial charge in [0.05, 0.1) is 6.10 Å². The first-order valence-electron chi connectivity index (χ1n) is 5.78. The molecule has 0 aliphatic heterocycles. The lowest BCUT2D eigenvalue weighted by Crippen LogP contribution is -2.26. The zero-order valence-corrected chi connectivity index (χ0v) is 9.44. The molecule has 0 aromatic heterocycles. The molecule has 0 aromatic carbocycles. The van der Waals surface area contributed by atoms with E-state index < -0.39 is 0 Å². The fourth-order valence-corrected chi connectivity index (χ4v) is 2.65. The lowest BCUT2D eigenvalue weighted by atomic mass is 9.72. The van der Waals surface area contributed by atoms with Gasteiger partial charge in [0, 0.05) is 6.61 Å². The quantitative estimate of drug-likeness (QED) is 0.646. The fraction of sp³-hybridized carbons (Fsp3) is 1.00. The molecule has 1 heteroatoms. The lowest BCUT2D eigenvalue weighted by Gasteiger charge is -2.35. The molecule has 0 aromatic rings. The van der Waals surface area contributed by atoms with E-state index in [4.69, 9.17) is 4.74 Å². The average molecular weight is 184 g/mol. The van der Waals surface area contributed by atoms with Crippen LogP contribution in [-0.4, -0.2) is 12.7 Å². The van der Waals surface area contributed by atoms with Crippen LogP contribution in [0.5, 0.6) is 0 Å². The first-order valence-corrected chi connectivity index (χ1v) is 5.78. The summed E-state index contributed by atoms with van der Waals surface area (Å²) < 4.78 is 5.61. The van der Waals surface area contributed by atoms with E-state index in [1.54, 1.807) is 0 Å². The molecule has 1 aliphatic rings. The smallest absolute Gasteiger partial charge is 0.0552 e. The van der Waals surface area contributed by atoms with Gasteiger partial charge in [-0.3, -0.25) is 0 Å². The molecule has 1 unspecified atom stereocenters. The van der Waals surface area contributed by atoms with E-state index in [9.17, 15) is 0 Å². The summed E-state index contributed by atoms with van der Waals surface area (Å²) in [7, 11) is 0.